The largest absolute Gasteiger partial charge is 0.328 e. The molecular formula is C4H5IN2O. The van der Waals surface area contributed by atoms with Gasteiger partial charge in [-0.25, -0.2) is 0 Å². The van der Waals surface area contributed by atoms with Crippen LogP contribution in [0.15, 0.2) is 4.52 Å². The summed E-state index contributed by atoms with van der Waals surface area (Å²) < 4.78 is 5.29. The minimum Gasteiger partial charge on any atom is -0.328 e. The molecule has 0 spiro atoms. The molecule has 1 aromatic heterocycles. The van der Waals surface area contributed by atoms with Gasteiger partial charge in [0.2, 0.25) is 0 Å². The van der Waals surface area contributed by atoms with Crippen molar-refractivity contribution in [2.24, 2.45) is 0 Å². The molecule has 4 heteroatoms. The molecule has 0 radical (unpaired) electrons. The number of aromatic nitrogens is 2. The van der Waals surface area contributed by atoms with Gasteiger partial charge in [-0.15, -0.1) is 0 Å². The van der Waals surface area contributed by atoms with E-state index in [1.54, 1.807) is 0 Å². The molecule has 3 nitrogen and oxygen atoms in total. The fourth-order valence-electron chi connectivity index (χ4n) is 0.376. The Hall–Kier alpha value is -0.130. The Bertz CT molecular complexity index is 174. The first-order valence-corrected chi connectivity index (χ1v) is 3.39. The molecule has 0 N–H and O–H groups in total. The average Bonchev–Trinajstić information content (AvgIpc) is 2.14. The lowest BCUT2D eigenvalue weighted by atomic mass is 10.5. The van der Waals surface area contributed by atoms with Crippen molar-refractivity contribution in [3.05, 3.63) is 9.72 Å². The third kappa shape index (κ3) is 1.18. The van der Waals surface area contributed by atoms with Crippen molar-refractivity contribution in [1.29, 1.82) is 0 Å². The van der Waals surface area contributed by atoms with Gasteiger partial charge in [0.1, 0.15) is 0 Å². The summed E-state index contributed by atoms with van der Waals surface area (Å²) in [6.45, 7) is 1.99. The van der Waals surface area contributed by atoms with Crippen molar-refractivity contribution in [2.75, 3.05) is 0 Å². The van der Waals surface area contributed by atoms with E-state index < -0.39 is 0 Å². The Morgan fingerprint density at radius 3 is 2.75 bits per heavy atom. The van der Waals surface area contributed by atoms with Crippen LogP contribution in [0.4, 0.5) is 0 Å². The highest BCUT2D eigenvalue weighted by Crippen LogP contribution is 1.99. The first kappa shape index (κ1) is 6.00. The molecule has 0 aliphatic carbocycles. The lowest BCUT2D eigenvalue weighted by Crippen LogP contribution is -1.80. The van der Waals surface area contributed by atoms with E-state index in [1.807, 2.05) is 29.5 Å². The third-order valence-electron chi connectivity index (χ3n) is 0.760. The molecule has 0 atom stereocenters. The van der Waals surface area contributed by atoms with Gasteiger partial charge in [-0.05, 0) is 0 Å². The van der Waals surface area contributed by atoms with E-state index in [-0.39, 0.29) is 0 Å². The Kier molecular flexibility index (Phi) is 1.82. The van der Waals surface area contributed by atoms with Crippen LogP contribution in [0.5, 0.6) is 0 Å². The van der Waals surface area contributed by atoms with Gasteiger partial charge in [0, 0.05) is 29.0 Å². The zero-order valence-corrected chi connectivity index (χ0v) is 6.55. The van der Waals surface area contributed by atoms with Crippen molar-refractivity contribution in [3.8, 4) is 0 Å². The number of hydrogen-bond donors (Lipinski definition) is 0. The highest BCUT2D eigenvalue weighted by atomic mass is 127. The lowest BCUT2D eigenvalue weighted by molar-refractivity contribution is 0.388. The van der Waals surface area contributed by atoms with E-state index in [1.165, 1.54) is 0 Å². The van der Waals surface area contributed by atoms with Gasteiger partial charge in [-0.3, -0.25) is 0 Å². The van der Waals surface area contributed by atoms with E-state index in [0.717, 1.165) is 12.2 Å². The van der Waals surface area contributed by atoms with E-state index in [9.17, 15) is 0 Å². The van der Waals surface area contributed by atoms with E-state index >= 15 is 0 Å². The molecule has 0 aliphatic heterocycles. The Balaban J connectivity index is 2.84. The number of nitrogens with zero attached hydrogens (tertiary/aromatic N) is 2. The minimum atomic E-state index is 0.611. The number of rotatable bonds is 1. The summed E-state index contributed by atoms with van der Waals surface area (Å²) in [5.41, 5.74) is 0. The zero-order chi connectivity index (χ0) is 5.98. The summed E-state index contributed by atoms with van der Waals surface area (Å²) in [6.07, 6.45) is 0.840. The molecule has 8 heavy (non-hydrogen) atoms. The van der Waals surface area contributed by atoms with E-state index in [0.29, 0.717) is 3.90 Å². The number of halogens is 1. The minimum absolute atomic E-state index is 0.611. The molecule has 44 valence electrons. The maximum Gasteiger partial charge on any atom is 0.287 e. The molecule has 0 aromatic carbocycles. The fraction of sp³-hybridized carbons (Fsp3) is 0.500. The molecule has 1 rings (SSSR count). The maximum atomic E-state index is 4.68. The quantitative estimate of drug-likeness (QED) is 0.673. The first-order valence-electron chi connectivity index (χ1n) is 2.31. The maximum absolute atomic E-state index is 4.68. The van der Waals surface area contributed by atoms with E-state index in [4.69, 9.17) is 0 Å². The van der Waals surface area contributed by atoms with Crippen LogP contribution >= 0.6 is 22.6 Å². The number of aryl methyl sites for hydroxylation is 1. The van der Waals surface area contributed by atoms with Crippen molar-refractivity contribution in [1.82, 2.24) is 10.1 Å². The molecular weight excluding hydrogens is 219 g/mol. The highest BCUT2D eigenvalue weighted by molar-refractivity contribution is 14.1. The van der Waals surface area contributed by atoms with Gasteiger partial charge < -0.3 is 4.52 Å². The first-order chi connectivity index (χ1) is 3.83. The molecule has 0 unspecified atom stereocenters. The summed E-state index contributed by atoms with van der Waals surface area (Å²) >= 11 is 1.98. The van der Waals surface area contributed by atoms with Crippen molar-refractivity contribution >= 4 is 22.6 Å². The summed E-state index contributed by atoms with van der Waals surface area (Å²) in [5, 5.41) is 3.64. The molecule has 0 saturated heterocycles. The predicted molar refractivity (Wildman–Crippen MR) is 36.4 cm³/mol. The molecule has 0 saturated carbocycles. The molecule has 0 bridgehead atoms. The predicted octanol–water partition coefficient (Wildman–Crippen LogP) is 1.24. The second-order valence-electron chi connectivity index (χ2n) is 1.32. The molecule has 1 heterocycles. The lowest BCUT2D eigenvalue weighted by Gasteiger charge is -1.73. The van der Waals surface area contributed by atoms with Gasteiger partial charge in [0.25, 0.3) is 3.90 Å². The van der Waals surface area contributed by atoms with Gasteiger partial charge in [0.05, 0.1) is 0 Å². The second kappa shape index (κ2) is 2.43. The van der Waals surface area contributed by atoms with Crippen molar-refractivity contribution in [2.45, 2.75) is 13.3 Å². The van der Waals surface area contributed by atoms with Crippen LogP contribution in [-0.4, -0.2) is 10.1 Å². The standard InChI is InChI=1S/C4H5IN2O/c1-2-3-6-4(5)8-7-3/h2H2,1H3. The van der Waals surface area contributed by atoms with Crippen molar-refractivity contribution in [3.63, 3.8) is 0 Å². The average molecular weight is 224 g/mol. The molecule has 0 fully saturated rings. The molecule has 0 aliphatic rings. The van der Waals surface area contributed by atoms with Gasteiger partial charge in [-0.1, -0.05) is 12.1 Å². The van der Waals surface area contributed by atoms with Crippen LogP contribution in [-0.2, 0) is 6.42 Å². The Labute approximate surface area is 60.6 Å². The smallest absolute Gasteiger partial charge is 0.287 e. The summed E-state index contributed by atoms with van der Waals surface area (Å²) in [7, 11) is 0. The van der Waals surface area contributed by atoms with Gasteiger partial charge >= 0.3 is 0 Å². The van der Waals surface area contributed by atoms with Crippen LogP contribution in [0.3, 0.4) is 0 Å². The van der Waals surface area contributed by atoms with Gasteiger partial charge in [-0.2, -0.15) is 4.98 Å². The van der Waals surface area contributed by atoms with Crippen LogP contribution < -0.4 is 0 Å². The summed E-state index contributed by atoms with van der Waals surface area (Å²) in [5.74, 6) is 0.773. The van der Waals surface area contributed by atoms with E-state index in [2.05, 4.69) is 14.7 Å². The summed E-state index contributed by atoms with van der Waals surface area (Å²) in [6, 6.07) is 0. The molecule has 0 amide bonds. The Morgan fingerprint density at radius 1 is 1.75 bits per heavy atom. The zero-order valence-electron chi connectivity index (χ0n) is 4.39. The Morgan fingerprint density at radius 2 is 2.50 bits per heavy atom. The van der Waals surface area contributed by atoms with Crippen LogP contribution in [0.1, 0.15) is 12.7 Å². The molecule has 1 aromatic rings. The van der Waals surface area contributed by atoms with Crippen LogP contribution in [0.2, 0.25) is 0 Å². The van der Waals surface area contributed by atoms with Crippen molar-refractivity contribution < 1.29 is 4.52 Å². The third-order valence-corrected chi connectivity index (χ3v) is 1.20. The van der Waals surface area contributed by atoms with Crippen LogP contribution in [0.25, 0.3) is 0 Å². The normalized spacial score (nSPS) is 9.75. The highest BCUT2D eigenvalue weighted by Gasteiger charge is 1.96. The monoisotopic (exact) mass is 224 g/mol. The number of hydrogen-bond acceptors (Lipinski definition) is 3. The second-order valence-corrected chi connectivity index (χ2v) is 2.24. The topological polar surface area (TPSA) is 38.9 Å². The summed E-state index contributed by atoms with van der Waals surface area (Å²) in [4.78, 5) is 3.94. The SMILES string of the molecule is CCc1noc(I)n1. The van der Waals surface area contributed by atoms with Gasteiger partial charge in [0.15, 0.2) is 5.82 Å². The van der Waals surface area contributed by atoms with Crippen LogP contribution in [0, 0.1) is 3.90 Å². The fourth-order valence-corrected chi connectivity index (χ4v) is 0.753.